The van der Waals surface area contributed by atoms with Crippen molar-refractivity contribution in [3.05, 3.63) is 29.3 Å². The van der Waals surface area contributed by atoms with Crippen molar-refractivity contribution in [1.29, 1.82) is 0 Å². The third-order valence-electron chi connectivity index (χ3n) is 3.84. The Balaban J connectivity index is 2.06. The molecule has 2 nitrogen and oxygen atoms in total. The number of nitrogens with one attached hydrogen (secondary N) is 1. The zero-order valence-corrected chi connectivity index (χ0v) is 11.8. The Bertz CT molecular complexity index is 385. The monoisotopic (exact) mass is 247 g/mol. The third-order valence-corrected chi connectivity index (χ3v) is 3.84. The lowest BCUT2D eigenvalue weighted by Crippen LogP contribution is -2.22. The maximum Gasteiger partial charge on any atom is 0.124 e. The fourth-order valence-corrected chi connectivity index (χ4v) is 2.42. The molecule has 0 radical (unpaired) electrons. The van der Waals surface area contributed by atoms with Crippen LogP contribution in [0.15, 0.2) is 18.2 Å². The van der Waals surface area contributed by atoms with E-state index in [0.717, 1.165) is 24.8 Å². The van der Waals surface area contributed by atoms with Crippen molar-refractivity contribution >= 4 is 0 Å². The summed E-state index contributed by atoms with van der Waals surface area (Å²) in [6.07, 6.45) is 4.05. The molecular formula is C16H25NO. The highest BCUT2D eigenvalue weighted by molar-refractivity contribution is 5.39. The molecule has 2 heteroatoms. The Hall–Kier alpha value is -1.02. The minimum absolute atomic E-state index is 0.353. The van der Waals surface area contributed by atoms with Gasteiger partial charge >= 0.3 is 0 Å². The standard InChI is InChI=1S/C16H25NO/c1-4-17-13(3)15-10-12(2)8-9-16(15)18-11-14-6-5-7-14/h8-10,13-14,17H,4-7,11H2,1-3H3. The number of ether oxygens (including phenoxy) is 1. The van der Waals surface area contributed by atoms with Crippen LogP contribution in [0.4, 0.5) is 0 Å². The average Bonchev–Trinajstić information content (AvgIpc) is 2.29. The van der Waals surface area contributed by atoms with E-state index in [1.165, 1.54) is 30.4 Å². The van der Waals surface area contributed by atoms with E-state index in [4.69, 9.17) is 4.74 Å². The van der Waals surface area contributed by atoms with Crippen LogP contribution in [-0.4, -0.2) is 13.2 Å². The van der Waals surface area contributed by atoms with Gasteiger partial charge in [0.1, 0.15) is 5.75 Å². The molecule has 1 aliphatic carbocycles. The fourth-order valence-electron chi connectivity index (χ4n) is 2.42. The quantitative estimate of drug-likeness (QED) is 0.824. The Morgan fingerprint density at radius 1 is 1.39 bits per heavy atom. The van der Waals surface area contributed by atoms with Gasteiger partial charge in [-0.3, -0.25) is 0 Å². The van der Waals surface area contributed by atoms with E-state index in [1.54, 1.807) is 0 Å². The van der Waals surface area contributed by atoms with Crippen molar-refractivity contribution in [2.45, 2.75) is 46.1 Å². The summed E-state index contributed by atoms with van der Waals surface area (Å²) in [5.74, 6) is 1.84. The first-order chi connectivity index (χ1) is 8.70. The van der Waals surface area contributed by atoms with Crippen molar-refractivity contribution in [1.82, 2.24) is 5.32 Å². The molecule has 0 saturated heterocycles. The van der Waals surface area contributed by atoms with E-state index >= 15 is 0 Å². The highest BCUT2D eigenvalue weighted by Gasteiger charge is 2.19. The molecule has 2 rings (SSSR count). The lowest BCUT2D eigenvalue weighted by molar-refractivity contribution is 0.178. The van der Waals surface area contributed by atoms with Gasteiger partial charge in [-0.2, -0.15) is 0 Å². The van der Waals surface area contributed by atoms with E-state index in [2.05, 4.69) is 44.3 Å². The molecule has 1 fully saturated rings. The van der Waals surface area contributed by atoms with Crippen LogP contribution in [0.3, 0.4) is 0 Å². The number of benzene rings is 1. The predicted octanol–water partition coefficient (Wildman–Crippen LogP) is 3.84. The molecule has 1 aliphatic rings. The first kappa shape index (κ1) is 13.4. The molecular weight excluding hydrogens is 222 g/mol. The molecule has 1 atom stereocenters. The van der Waals surface area contributed by atoms with Crippen LogP contribution in [0, 0.1) is 12.8 Å². The van der Waals surface area contributed by atoms with Crippen molar-refractivity contribution in [2.24, 2.45) is 5.92 Å². The minimum atomic E-state index is 0.353. The molecule has 0 aromatic heterocycles. The van der Waals surface area contributed by atoms with Crippen molar-refractivity contribution in [3.8, 4) is 5.75 Å². The second-order valence-electron chi connectivity index (χ2n) is 5.43. The van der Waals surface area contributed by atoms with Crippen LogP contribution in [0.1, 0.15) is 50.3 Å². The highest BCUT2D eigenvalue weighted by atomic mass is 16.5. The summed E-state index contributed by atoms with van der Waals surface area (Å²) in [4.78, 5) is 0. The maximum absolute atomic E-state index is 6.02. The maximum atomic E-state index is 6.02. The van der Waals surface area contributed by atoms with E-state index in [9.17, 15) is 0 Å². The number of aryl methyl sites for hydroxylation is 1. The van der Waals surface area contributed by atoms with Crippen LogP contribution in [0.5, 0.6) is 5.75 Å². The summed E-state index contributed by atoms with van der Waals surface area (Å²) in [5, 5.41) is 3.46. The van der Waals surface area contributed by atoms with Gasteiger partial charge in [0.25, 0.3) is 0 Å². The molecule has 1 saturated carbocycles. The topological polar surface area (TPSA) is 21.3 Å². The fraction of sp³-hybridized carbons (Fsp3) is 0.625. The first-order valence-corrected chi connectivity index (χ1v) is 7.17. The van der Waals surface area contributed by atoms with Crippen LogP contribution in [0.2, 0.25) is 0 Å². The average molecular weight is 247 g/mol. The second kappa shape index (κ2) is 6.24. The van der Waals surface area contributed by atoms with Gasteiger partial charge in [0.2, 0.25) is 0 Å². The SMILES string of the molecule is CCNC(C)c1cc(C)ccc1OCC1CCC1. The first-order valence-electron chi connectivity index (χ1n) is 7.17. The number of hydrogen-bond donors (Lipinski definition) is 1. The van der Waals surface area contributed by atoms with E-state index < -0.39 is 0 Å². The Labute approximate surface area is 111 Å². The Kier molecular flexibility index (Phi) is 4.65. The molecule has 0 spiro atoms. The minimum Gasteiger partial charge on any atom is -0.493 e. The molecule has 0 aliphatic heterocycles. The molecule has 0 heterocycles. The molecule has 18 heavy (non-hydrogen) atoms. The molecule has 0 bridgehead atoms. The van der Waals surface area contributed by atoms with Crippen molar-refractivity contribution in [2.75, 3.05) is 13.2 Å². The molecule has 100 valence electrons. The van der Waals surface area contributed by atoms with Gasteiger partial charge < -0.3 is 10.1 Å². The Morgan fingerprint density at radius 2 is 2.17 bits per heavy atom. The summed E-state index contributed by atoms with van der Waals surface area (Å²) < 4.78 is 6.02. The van der Waals surface area contributed by atoms with Crippen molar-refractivity contribution in [3.63, 3.8) is 0 Å². The van der Waals surface area contributed by atoms with Gasteiger partial charge in [-0.15, -0.1) is 0 Å². The smallest absolute Gasteiger partial charge is 0.124 e. The van der Waals surface area contributed by atoms with E-state index in [1.807, 2.05) is 0 Å². The summed E-state index contributed by atoms with van der Waals surface area (Å²) in [6.45, 7) is 8.35. The molecule has 1 aromatic rings. The normalized spacial score (nSPS) is 17.3. The van der Waals surface area contributed by atoms with Crippen LogP contribution < -0.4 is 10.1 Å². The highest BCUT2D eigenvalue weighted by Crippen LogP contribution is 2.30. The summed E-state index contributed by atoms with van der Waals surface area (Å²) in [6, 6.07) is 6.85. The van der Waals surface area contributed by atoms with Gasteiger partial charge in [0.15, 0.2) is 0 Å². The van der Waals surface area contributed by atoms with Gasteiger partial charge in [-0.1, -0.05) is 31.0 Å². The predicted molar refractivity (Wildman–Crippen MR) is 76.1 cm³/mol. The molecule has 0 amide bonds. The molecule has 1 N–H and O–H groups in total. The molecule has 1 unspecified atom stereocenters. The van der Waals surface area contributed by atoms with Crippen molar-refractivity contribution < 1.29 is 4.74 Å². The summed E-state index contributed by atoms with van der Waals surface area (Å²) >= 11 is 0. The molecule has 1 aromatic carbocycles. The number of hydrogen-bond acceptors (Lipinski definition) is 2. The van der Waals surface area contributed by atoms with E-state index in [0.29, 0.717) is 6.04 Å². The van der Waals surface area contributed by atoms with Gasteiger partial charge in [0.05, 0.1) is 6.61 Å². The van der Waals surface area contributed by atoms with Crippen LogP contribution in [-0.2, 0) is 0 Å². The zero-order chi connectivity index (χ0) is 13.0. The largest absolute Gasteiger partial charge is 0.493 e. The van der Waals surface area contributed by atoms with Gasteiger partial charge in [-0.25, -0.2) is 0 Å². The van der Waals surface area contributed by atoms with Gasteiger partial charge in [-0.05, 0) is 45.2 Å². The lowest BCUT2D eigenvalue weighted by atomic mass is 9.86. The van der Waals surface area contributed by atoms with Crippen LogP contribution >= 0.6 is 0 Å². The lowest BCUT2D eigenvalue weighted by Gasteiger charge is -2.26. The van der Waals surface area contributed by atoms with Crippen LogP contribution in [0.25, 0.3) is 0 Å². The third kappa shape index (κ3) is 3.26. The Morgan fingerprint density at radius 3 is 2.78 bits per heavy atom. The summed E-state index contributed by atoms with van der Waals surface area (Å²) in [5.41, 5.74) is 2.59. The zero-order valence-electron chi connectivity index (χ0n) is 11.8. The number of rotatable bonds is 6. The second-order valence-corrected chi connectivity index (χ2v) is 5.43. The summed E-state index contributed by atoms with van der Waals surface area (Å²) in [7, 11) is 0. The van der Waals surface area contributed by atoms with E-state index in [-0.39, 0.29) is 0 Å². The van der Waals surface area contributed by atoms with Gasteiger partial charge in [0, 0.05) is 11.6 Å².